The largest absolute Gasteiger partial charge is 0.228 e. The number of benzene rings is 6. The predicted octanol–water partition coefficient (Wildman–Crippen LogP) is 11.9. The van der Waals surface area contributed by atoms with E-state index in [0.29, 0.717) is 5.56 Å². The normalized spacial score (nSPS) is 12.4. The minimum absolute atomic E-state index is 0.652. The number of fused-ring (bicyclic) bond motifs is 1. The zero-order valence-electron chi connectivity index (χ0n) is 27.3. The van der Waals surface area contributed by atoms with E-state index in [1.807, 2.05) is 30.3 Å². The van der Waals surface area contributed by atoms with E-state index in [-0.39, 0.29) is 0 Å². The Kier molecular flexibility index (Phi) is 7.97. The van der Waals surface area contributed by atoms with Crippen LogP contribution in [-0.4, -0.2) is 9.97 Å². The molecule has 0 aliphatic heterocycles. The van der Waals surface area contributed by atoms with Gasteiger partial charge < -0.3 is 0 Å². The monoisotopic (exact) mass is 627 g/mol. The average Bonchev–Trinajstić information content (AvgIpc) is 3.18. The van der Waals surface area contributed by atoms with Crippen LogP contribution in [0.25, 0.3) is 72.4 Å². The molecule has 1 heterocycles. The van der Waals surface area contributed by atoms with Crippen molar-refractivity contribution in [2.75, 3.05) is 0 Å². The number of aryl methyl sites for hydroxylation is 1. The van der Waals surface area contributed by atoms with E-state index in [0.717, 1.165) is 85.5 Å². The maximum absolute atomic E-state index is 9.83. The molecular formula is C46H33N3. The van der Waals surface area contributed by atoms with Gasteiger partial charge in [0.2, 0.25) is 0 Å². The Morgan fingerprint density at radius 1 is 0.510 bits per heavy atom. The van der Waals surface area contributed by atoms with Crippen molar-refractivity contribution in [3.63, 3.8) is 0 Å². The first-order valence-electron chi connectivity index (χ1n) is 16.7. The lowest BCUT2D eigenvalue weighted by atomic mass is 9.94. The third-order valence-electron chi connectivity index (χ3n) is 9.18. The number of hydrogen-bond acceptors (Lipinski definition) is 3. The minimum Gasteiger partial charge on any atom is -0.228 e. The van der Waals surface area contributed by atoms with Crippen LogP contribution >= 0.6 is 0 Å². The van der Waals surface area contributed by atoms with Crippen LogP contribution in [0.5, 0.6) is 0 Å². The Hall–Kier alpha value is -6.37. The van der Waals surface area contributed by atoms with Crippen molar-refractivity contribution in [1.29, 1.82) is 5.26 Å². The minimum atomic E-state index is 0.652. The van der Waals surface area contributed by atoms with Crippen LogP contribution < -0.4 is 0 Å². The first kappa shape index (κ1) is 30.0. The summed E-state index contributed by atoms with van der Waals surface area (Å²) in [4.78, 5) is 10.0. The SMILES string of the molecule is Cc1ccc(-c2cc(C#N)cc(-c3ccc4ccc(-c5ccc(-c6nc(C7=CCCC=C7)cc(-c7ccccc7)n6)cc5)cc4c3)c2)cc1. The Balaban J connectivity index is 1.13. The smallest absolute Gasteiger partial charge is 0.160 e. The lowest BCUT2D eigenvalue weighted by Crippen LogP contribution is -1.98. The lowest BCUT2D eigenvalue weighted by Gasteiger charge is -2.12. The molecule has 8 rings (SSSR count). The fraction of sp³-hybridized carbons (Fsp3) is 0.0652. The molecule has 0 atom stereocenters. The van der Waals surface area contributed by atoms with Crippen molar-refractivity contribution in [2.45, 2.75) is 19.8 Å². The highest BCUT2D eigenvalue weighted by molar-refractivity contribution is 5.92. The summed E-state index contributed by atoms with van der Waals surface area (Å²) in [7, 11) is 0. The predicted molar refractivity (Wildman–Crippen MR) is 203 cm³/mol. The van der Waals surface area contributed by atoms with Crippen molar-refractivity contribution in [2.24, 2.45) is 0 Å². The van der Waals surface area contributed by atoms with Crippen LogP contribution in [0.3, 0.4) is 0 Å². The second-order valence-electron chi connectivity index (χ2n) is 12.6. The quantitative estimate of drug-likeness (QED) is 0.184. The molecule has 232 valence electrons. The van der Waals surface area contributed by atoms with Gasteiger partial charge in [-0.1, -0.05) is 127 Å². The van der Waals surface area contributed by atoms with Crippen LogP contribution in [0.2, 0.25) is 0 Å². The molecule has 7 aromatic rings. The third-order valence-corrected chi connectivity index (χ3v) is 9.18. The van der Waals surface area contributed by atoms with Gasteiger partial charge in [0.1, 0.15) is 0 Å². The van der Waals surface area contributed by atoms with Crippen LogP contribution in [0.4, 0.5) is 0 Å². The van der Waals surface area contributed by atoms with Crippen molar-refractivity contribution in [3.8, 4) is 62.1 Å². The molecule has 0 spiro atoms. The summed E-state index contributed by atoms with van der Waals surface area (Å²) < 4.78 is 0. The molecule has 1 aromatic heterocycles. The molecule has 3 heteroatoms. The van der Waals surface area contributed by atoms with E-state index in [1.54, 1.807) is 0 Å². The summed E-state index contributed by atoms with van der Waals surface area (Å²) in [6.45, 7) is 2.08. The van der Waals surface area contributed by atoms with Gasteiger partial charge >= 0.3 is 0 Å². The van der Waals surface area contributed by atoms with Gasteiger partial charge in [0.25, 0.3) is 0 Å². The number of allylic oxidation sites excluding steroid dienone is 4. The highest BCUT2D eigenvalue weighted by Crippen LogP contribution is 2.33. The number of nitriles is 1. The van der Waals surface area contributed by atoms with Gasteiger partial charge in [0, 0.05) is 11.1 Å². The van der Waals surface area contributed by atoms with Crippen molar-refractivity contribution in [3.05, 3.63) is 175 Å². The molecule has 0 bridgehead atoms. The summed E-state index contributed by atoms with van der Waals surface area (Å²) in [6, 6.07) is 51.0. The van der Waals surface area contributed by atoms with Crippen LogP contribution in [0, 0.1) is 18.3 Å². The maximum Gasteiger partial charge on any atom is 0.160 e. The zero-order valence-corrected chi connectivity index (χ0v) is 27.3. The second-order valence-corrected chi connectivity index (χ2v) is 12.6. The van der Waals surface area contributed by atoms with Crippen molar-refractivity contribution in [1.82, 2.24) is 9.97 Å². The molecule has 0 amide bonds. The Bertz CT molecular complexity index is 2430. The number of hydrogen-bond donors (Lipinski definition) is 0. The maximum atomic E-state index is 9.83. The zero-order chi connectivity index (χ0) is 33.2. The van der Waals surface area contributed by atoms with Gasteiger partial charge in [-0.15, -0.1) is 0 Å². The van der Waals surface area contributed by atoms with Gasteiger partial charge in [-0.2, -0.15) is 5.26 Å². The molecule has 0 radical (unpaired) electrons. The van der Waals surface area contributed by atoms with E-state index in [9.17, 15) is 5.26 Å². The molecule has 0 fully saturated rings. The molecule has 49 heavy (non-hydrogen) atoms. The fourth-order valence-electron chi connectivity index (χ4n) is 6.47. The van der Waals surface area contributed by atoms with E-state index in [4.69, 9.17) is 9.97 Å². The Morgan fingerprint density at radius 2 is 1.12 bits per heavy atom. The molecular weight excluding hydrogens is 595 g/mol. The van der Waals surface area contributed by atoms with Crippen LogP contribution in [0.15, 0.2) is 158 Å². The molecule has 1 aliphatic rings. The summed E-state index contributed by atoms with van der Waals surface area (Å²) in [6.07, 6.45) is 8.73. The summed E-state index contributed by atoms with van der Waals surface area (Å²) in [5, 5.41) is 12.1. The van der Waals surface area contributed by atoms with E-state index >= 15 is 0 Å². The first-order chi connectivity index (χ1) is 24.1. The highest BCUT2D eigenvalue weighted by atomic mass is 14.9. The molecule has 0 saturated heterocycles. The molecule has 6 aromatic carbocycles. The Morgan fingerprint density at radius 3 is 1.82 bits per heavy atom. The van der Waals surface area contributed by atoms with Crippen molar-refractivity contribution < 1.29 is 0 Å². The topological polar surface area (TPSA) is 49.6 Å². The molecule has 0 unspecified atom stereocenters. The fourth-order valence-corrected chi connectivity index (χ4v) is 6.47. The molecule has 0 saturated carbocycles. The number of aromatic nitrogens is 2. The van der Waals surface area contributed by atoms with Gasteiger partial charge in [-0.05, 0) is 106 Å². The van der Waals surface area contributed by atoms with E-state index in [1.165, 1.54) is 10.9 Å². The summed E-state index contributed by atoms with van der Waals surface area (Å²) >= 11 is 0. The second kappa shape index (κ2) is 13.0. The summed E-state index contributed by atoms with van der Waals surface area (Å²) in [5.41, 5.74) is 13.4. The first-order valence-corrected chi connectivity index (χ1v) is 16.7. The molecule has 1 aliphatic carbocycles. The lowest BCUT2D eigenvalue weighted by molar-refractivity contribution is 1.03. The van der Waals surface area contributed by atoms with Crippen LogP contribution in [-0.2, 0) is 0 Å². The van der Waals surface area contributed by atoms with E-state index in [2.05, 4.69) is 140 Å². The average molecular weight is 628 g/mol. The molecule has 3 nitrogen and oxygen atoms in total. The van der Waals surface area contributed by atoms with Crippen molar-refractivity contribution >= 4 is 16.3 Å². The van der Waals surface area contributed by atoms with Gasteiger partial charge in [0.05, 0.1) is 23.0 Å². The Labute approximate surface area is 287 Å². The van der Waals surface area contributed by atoms with Gasteiger partial charge in [-0.3, -0.25) is 0 Å². The highest BCUT2D eigenvalue weighted by Gasteiger charge is 2.13. The van der Waals surface area contributed by atoms with Gasteiger partial charge in [0.15, 0.2) is 5.82 Å². The molecule has 0 N–H and O–H groups in total. The van der Waals surface area contributed by atoms with Crippen LogP contribution in [0.1, 0.15) is 29.7 Å². The summed E-state index contributed by atoms with van der Waals surface area (Å²) in [5.74, 6) is 0.718. The van der Waals surface area contributed by atoms with Gasteiger partial charge in [-0.25, -0.2) is 9.97 Å². The number of nitrogens with zero attached hydrogens (tertiary/aromatic N) is 3. The van der Waals surface area contributed by atoms with E-state index < -0.39 is 0 Å². The number of rotatable bonds is 6. The third kappa shape index (κ3) is 6.33. The standard InChI is InChI=1S/C46H33N3/c1-31-12-14-34(15-13-31)41-24-32(30-47)25-42(28-41)40-23-19-35-18-22-39(26-43(35)27-40)33-16-20-38(21-17-33)46-48-44(36-8-4-2-5-9-36)29-45(49-46)37-10-6-3-7-11-37/h2,4-6,8-29H,3,7H2,1H3.